The smallest absolute Gasteiger partial charge is 0.352 e. The highest BCUT2D eigenvalue weighted by atomic mass is 19.4. The average Bonchev–Trinajstić information content (AvgIpc) is 3.18. The van der Waals surface area contributed by atoms with Crippen LogP contribution in [0.3, 0.4) is 0 Å². The lowest BCUT2D eigenvalue weighted by molar-refractivity contribution is -0.137. The Hall–Kier alpha value is -3.14. The topological polar surface area (TPSA) is 81.6 Å². The summed E-state index contributed by atoms with van der Waals surface area (Å²) in [4.78, 5) is 22.3. The number of guanidine groups is 1. The van der Waals surface area contributed by atoms with Gasteiger partial charge in [0.15, 0.2) is 5.96 Å². The van der Waals surface area contributed by atoms with Crippen LogP contribution in [-0.4, -0.2) is 54.5 Å². The summed E-state index contributed by atoms with van der Waals surface area (Å²) >= 11 is 0. The molecule has 0 saturated carbocycles. The van der Waals surface area contributed by atoms with Crippen molar-refractivity contribution in [2.24, 2.45) is 4.99 Å². The van der Waals surface area contributed by atoms with Crippen LogP contribution in [0.1, 0.15) is 17.5 Å². The maximum absolute atomic E-state index is 12.7. The Labute approximate surface area is 178 Å². The van der Waals surface area contributed by atoms with Crippen LogP contribution in [-0.2, 0) is 17.5 Å². The molecule has 1 aromatic heterocycles. The zero-order valence-electron chi connectivity index (χ0n) is 17.1. The van der Waals surface area contributed by atoms with Gasteiger partial charge in [-0.15, -0.1) is 0 Å². The highest BCUT2D eigenvalue weighted by molar-refractivity contribution is 5.94. The number of rotatable bonds is 6. The molecule has 2 heterocycles. The molecule has 166 valence electrons. The number of pyridine rings is 1. The predicted octanol–water partition coefficient (Wildman–Crippen LogP) is 2.48. The van der Waals surface area contributed by atoms with Gasteiger partial charge in [0.05, 0.1) is 24.0 Å². The first-order valence-electron chi connectivity index (χ1n) is 9.89. The number of halogens is 3. The van der Waals surface area contributed by atoms with E-state index in [1.807, 2.05) is 0 Å². The largest absolute Gasteiger partial charge is 0.416 e. The molecule has 1 atom stereocenters. The summed E-state index contributed by atoms with van der Waals surface area (Å²) in [6.45, 7) is 2.17. The van der Waals surface area contributed by atoms with Crippen LogP contribution in [0.5, 0.6) is 0 Å². The fourth-order valence-electron chi connectivity index (χ4n) is 3.35. The molecule has 3 rings (SSSR count). The highest BCUT2D eigenvalue weighted by Crippen LogP contribution is 2.29. The van der Waals surface area contributed by atoms with E-state index in [9.17, 15) is 18.0 Å². The standard InChI is InChI=1S/C21H25F3N6O/c1-25-20(27-12-19(31)28-17-3-2-9-26-11-17)29-18-8-10-30(14-18)13-15-4-6-16(7-5-15)21(22,23)24/h2-7,9,11,18H,8,10,12-14H2,1H3,(H,28,31)(H2,25,27,29). The molecule has 1 amide bonds. The Morgan fingerprint density at radius 1 is 1.26 bits per heavy atom. The van der Waals surface area contributed by atoms with Crippen molar-refractivity contribution in [1.82, 2.24) is 20.5 Å². The minimum Gasteiger partial charge on any atom is -0.352 e. The molecule has 1 aliphatic heterocycles. The van der Waals surface area contributed by atoms with Crippen LogP contribution < -0.4 is 16.0 Å². The van der Waals surface area contributed by atoms with Gasteiger partial charge >= 0.3 is 6.18 Å². The lowest BCUT2D eigenvalue weighted by atomic mass is 10.1. The van der Waals surface area contributed by atoms with E-state index in [-0.39, 0.29) is 18.5 Å². The van der Waals surface area contributed by atoms with E-state index in [0.29, 0.717) is 18.2 Å². The van der Waals surface area contributed by atoms with Gasteiger partial charge in [0, 0.05) is 38.9 Å². The summed E-state index contributed by atoms with van der Waals surface area (Å²) in [5.74, 6) is 0.300. The molecular formula is C21H25F3N6O. The second kappa shape index (κ2) is 10.3. The number of carbonyl (C=O) groups excluding carboxylic acids is 1. The second-order valence-electron chi connectivity index (χ2n) is 7.28. The number of anilines is 1. The summed E-state index contributed by atoms with van der Waals surface area (Å²) in [5, 5.41) is 9.01. The maximum atomic E-state index is 12.7. The first-order valence-corrected chi connectivity index (χ1v) is 9.89. The van der Waals surface area contributed by atoms with Crippen molar-refractivity contribution < 1.29 is 18.0 Å². The van der Waals surface area contributed by atoms with Crippen molar-refractivity contribution in [3.8, 4) is 0 Å². The molecule has 0 radical (unpaired) electrons. The molecule has 1 aromatic carbocycles. The van der Waals surface area contributed by atoms with Crippen LogP contribution >= 0.6 is 0 Å². The van der Waals surface area contributed by atoms with Crippen molar-refractivity contribution in [3.63, 3.8) is 0 Å². The van der Waals surface area contributed by atoms with E-state index in [4.69, 9.17) is 0 Å². The van der Waals surface area contributed by atoms with Gasteiger partial charge in [-0.2, -0.15) is 13.2 Å². The Morgan fingerprint density at radius 3 is 2.68 bits per heavy atom. The molecule has 31 heavy (non-hydrogen) atoms. The lowest BCUT2D eigenvalue weighted by Gasteiger charge is -2.19. The Bertz CT molecular complexity index is 886. The summed E-state index contributed by atoms with van der Waals surface area (Å²) < 4.78 is 38.1. The van der Waals surface area contributed by atoms with Gasteiger partial charge in [-0.25, -0.2) is 0 Å². The molecule has 2 aromatic rings. The number of hydrogen-bond acceptors (Lipinski definition) is 4. The summed E-state index contributed by atoms with van der Waals surface area (Å²) in [5.41, 5.74) is 0.815. The van der Waals surface area contributed by atoms with Gasteiger partial charge in [-0.05, 0) is 36.2 Å². The van der Waals surface area contributed by atoms with E-state index < -0.39 is 11.7 Å². The van der Waals surface area contributed by atoms with Crippen molar-refractivity contribution in [2.45, 2.75) is 25.2 Å². The molecular weight excluding hydrogens is 409 g/mol. The number of benzene rings is 1. The third-order valence-electron chi connectivity index (χ3n) is 4.89. The van der Waals surface area contributed by atoms with E-state index in [1.54, 1.807) is 31.6 Å². The number of alkyl halides is 3. The molecule has 7 nitrogen and oxygen atoms in total. The Balaban J connectivity index is 1.42. The fraction of sp³-hybridized carbons (Fsp3) is 0.381. The zero-order valence-corrected chi connectivity index (χ0v) is 17.1. The summed E-state index contributed by atoms with van der Waals surface area (Å²) in [6.07, 6.45) is -0.265. The molecule has 0 spiro atoms. The van der Waals surface area contributed by atoms with E-state index in [2.05, 4.69) is 30.8 Å². The minimum atomic E-state index is -4.32. The number of nitrogens with one attached hydrogen (secondary N) is 3. The number of aliphatic imine (C=N–C) groups is 1. The van der Waals surface area contributed by atoms with Gasteiger partial charge in [0.1, 0.15) is 0 Å². The fourth-order valence-corrected chi connectivity index (χ4v) is 3.35. The number of nitrogens with zero attached hydrogens (tertiary/aromatic N) is 3. The van der Waals surface area contributed by atoms with Gasteiger partial charge in [-0.1, -0.05) is 12.1 Å². The summed E-state index contributed by atoms with van der Waals surface area (Å²) in [7, 11) is 1.63. The molecule has 0 aliphatic carbocycles. The van der Waals surface area contributed by atoms with Crippen molar-refractivity contribution in [3.05, 3.63) is 59.9 Å². The van der Waals surface area contributed by atoms with Crippen molar-refractivity contribution >= 4 is 17.6 Å². The van der Waals surface area contributed by atoms with Gasteiger partial charge in [0.25, 0.3) is 0 Å². The van der Waals surface area contributed by atoms with Crippen LogP contribution in [0.2, 0.25) is 0 Å². The number of carbonyl (C=O) groups is 1. The van der Waals surface area contributed by atoms with E-state index >= 15 is 0 Å². The van der Waals surface area contributed by atoms with Crippen LogP contribution in [0.15, 0.2) is 53.8 Å². The summed E-state index contributed by atoms with van der Waals surface area (Å²) in [6, 6.07) is 8.88. The van der Waals surface area contributed by atoms with Crippen LogP contribution in [0.25, 0.3) is 0 Å². The highest BCUT2D eigenvalue weighted by Gasteiger charge is 2.30. The Kier molecular flexibility index (Phi) is 7.45. The first kappa shape index (κ1) is 22.5. The van der Waals surface area contributed by atoms with Gasteiger partial charge < -0.3 is 16.0 Å². The maximum Gasteiger partial charge on any atom is 0.416 e. The molecule has 1 fully saturated rings. The van der Waals surface area contributed by atoms with Crippen LogP contribution in [0.4, 0.5) is 18.9 Å². The SMILES string of the molecule is CN=C(NCC(=O)Nc1cccnc1)NC1CCN(Cc2ccc(C(F)(F)F)cc2)C1. The van der Waals surface area contributed by atoms with Crippen molar-refractivity contribution in [1.29, 1.82) is 0 Å². The lowest BCUT2D eigenvalue weighted by Crippen LogP contribution is -2.46. The molecule has 1 saturated heterocycles. The molecule has 3 N–H and O–H groups in total. The first-order chi connectivity index (χ1) is 14.8. The number of amides is 1. The van der Waals surface area contributed by atoms with E-state index in [1.165, 1.54) is 12.1 Å². The van der Waals surface area contributed by atoms with Gasteiger partial charge in [0.2, 0.25) is 5.91 Å². The monoisotopic (exact) mass is 434 g/mol. The third kappa shape index (κ3) is 6.95. The molecule has 1 unspecified atom stereocenters. The third-order valence-corrected chi connectivity index (χ3v) is 4.89. The minimum absolute atomic E-state index is 0.0521. The number of aromatic nitrogens is 1. The molecule has 10 heteroatoms. The zero-order chi connectivity index (χ0) is 22.3. The second-order valence-corrected chi connectivity index (χ2v) is 7.28. The number of likely N-dealkylation sites (tertiary alicyclic amines) is 1. The van der Waals surface area contributed by atoms with Crippen molar-refractivity contribution in [2.75, 3.05) is 32.0 Å². The normalized spacial score (nSPS) is 17.4. The quantitative estimate of drug-likeness (QED) is 0.481. The molecule has 1 aliphatic rings. The predicted molar refractivity (Wildman–Crippen MR) is 112 cm³/mol. The molecule has 0 bridgehead atoms. The van der Waals surface area contributed by atoms with Gasteiger partial charge in [-0.3, -0.25) is 19.7 Å². The van der Waals surface area contributed by atoms with Crippen LogP contribution in [0, 0.1) is 0 Å². The number of hydrogen-bond donors (Lipinski definition) is 3. The Morgan fingerprint density at radius 2 is 2.03 bits per heavy atom. The average molecular weight is 434 g/mol. The van der Waals surface area contributed by atoms with E-state index in [0.717, 1.165) is 37.2 Å².